The van der Waals surface area contributed by atoms with Gasteiger partial charge in [-0.1, -0.05) is 0 Å². The number of Topliss-reactive ketones (excluding diaryl/α,β-unsaturated/α-hetero) is 1. The van der Waals surface area contributed by atoms with Gasteiger partial charge in [0.25, 0.3) is 0 Å². The highest BCUT2D eigenvalue weighted by Gasteiger charge is 2.32. The van der Waals surface area contributed by atoms with Crippen molar-refractivity contribution in [1.29, 1.82) is 0 Å². The molecule has 3 fully saturated rings. The Hall–Kier alpha value is -1.82. The summed E-state index contributed by atoms with van der Waals surface area (Å²) in [6, 6.07) is 3.81. The Labute approximate surface area is 177 Å². The standard InChI is InChI=1S/C24H32F2N2O2/c25-21-8-5-19(15-22(21)26)23(29)17-10-13-28(14-11-17)12-9-16-1-6-20(7-2-16)27-24(30)18-3-4-18/h5,8,15-18,20H,1-4,6-7,9-14H2,(H,27,30). The van der Waals surface area contributed by atoms with Gasteiger partial charge in [-0.2, -0.15) is 0 Å². The van der Waals surface area contributed by atoms with Gasteiger partial charge in [-0.15, -0.1) is 0 Å². The van der Waals surface area contributed by atoms with Crippen LogP contribution >= 0.6 is 0 Å². The van der Waals surface area contributed by atoms with E-state index in [4.69, 9.17) is 0 Å². The van der Waals surface area contributed by atoms with E-state index in [1.165, 1.54) is 25.3 Å². The third-order valence-electron chi connectivity index (χ3n) is 7.16. The van der Waals surface area contributed by atoms with Crippen molar-refractivity contribution < 1.29 is 18.4 Å². The molecular formula is C24H32F2N2O2. The summed E-state index contributed by atoms with van der Waals surface area (Å²) in [6.07, 6.45) is 9.39. The van der Waals surface area contributed by atoms with E-state index in [1.807, 2.05) is 0 Å². The molecule has 2 saturated carbocycles. The number of hydrogen-bond donors (Lipinski definition) is 1. The predicted octanol–water partition coefficient (Wildman–Crippen LogP) is 4.33. The van der Waals surface area contributed by atoms with Crippen LogP contribution < -0.4 is 5.32 Å². The molecule has 1 amide bonds. The van der Waals surface area contributed by atoms with E-state index in [1.54, 1.807) is 0 Å². The number of likely N-dealkylation sites (tertiary alicyclic amines) is 1. The first-order chi connectivity index (χ1) is 14.5. The zero-order valence-corrected chi connectivity index (χ0v) is 17.5. The summed E-state index contributed by atoms with van der Waals surface area (Å²) in [6.45, 7) is 2.82. The average Bonchev–Trinajstić information content (AvgIpc) is 3.61. The van der Waals surface area contributed by atoms with Crippen molar-refractivity contribution in [2.75, 3.05) is 19.6 Å². The summed E-state index contributed by atoms with van der Waals surface area (Å²) in [5.41, 5.74) is 0.276. The van der Waals surface area contributed by atoms with Crippen LogP contribution in [0.25, 0.3) is 0 Å². The number of rotatable bonds is 7. The van der Waals surface area contributed by atoms with Gasteiger partial charge in [-0.3, -0.25) is 9.59 Å². The maximum atomic E-state index is 13.4. The van der Waals surface area contributed by atoms with E-state index in [0.717, 1.165) is 76.2 Å². The molecule has 0 aromatic heterocycles. The fraction of sp³-hybridized carbons (Fsp3) is 0.667. The van der Waals surface area contributed by atoms with Crippen LogP contribution in [-0.2, 0) is 4.79 Å². The smallest absolute Gasteiger partial charge is 0.223 e. The van der Waals surface area contributed by atoms with Crippen molar-refractivity contribution >= 4 is 11.7 Å². The lowest BCUT2D eigenvalue weighted by atomic mass is 9.83. The highest BCUT2D eigenvalue weighted by Crippen LogP contribution is 2.32. The number of carbonyl (C=O) groups is 2. The molecule has 1 aliphatic heterocycles. The van der Waals surface area contributed by atoms with Gasteiger partial charge in [0.2, 0.25) is 5.91 Å². The number of nitrogens with zero attached hydrogens (tertiary/aromatic N) is 1. The van der Waals surface area contributed by atoms with Crippen LogP contribution in [0.5, 0.6) is 0 Å². The number of amides is 1. The lowest BCUT2D eigenvalue weighted by Gasteiger charge is -2.34. The second-order valence-electron chi connectivity index (χ2n) is 9.40. The van der Waals surface area contributed by atoms with Crippen LogP contribution in [0.15, 0.2) is 18.2 Å². The number of halogens is 2. The monoisotopic (exact) mass is 418 g/mol. The van der Waals surface area contributed by atoms with Crippen molar-refractivity contribution in [1.82, 2.24) is 10.2 Å². The number of hydrogen-bond acceptors (Lipinski definition) is 3. The summed E-state index contributed by atoms with van der Waals surface area (Å²) < 4.78 is 26.5. The molecule has 1 aromatic rings. The molecule has 3 aliphatic rings. The number of piperidine rings is 1. The van der Waals surface area contributed by atoms with E-state index in [-0.39, 0.29) is 23.2 Å². The number of nitrogens with one attached hydrogen (secondary N) is 1. The number of benzene rings is 1. The van der Waals surface area contributed by atoms with Crippen LogP contribution in [0.4, 0.5) is 8.78 Å². The molecule has 1 N–H and O–H groups in total. The van der Waals surface area contributed by atoms with Crippen LogP contribution in [0.1, 0.15) is 68.1 Å². The second-order valence-corrected chi connectivity index (χ2v) is 9.40. The molecule has 1 heterocycles. The summed E-state index contributed by atoms with van der Waals surface area (Å²) >= 11 is 0. The van der Waals surface area contributed by atoms with Gasteiger partial charge >= 0.3 is 0 Å². The highest BCUT2D eigenvalue weighted by molar-refractivity contribution is 5.97. The minimum absolute atomic E-state index is 0.0693. The first-order valence-electron chi connectivity index (χ1n) is 11.5. The van der Waals surface area contributed by atoms with Gasteiger partial charge in [0.05, 0.1) is 0 Å². The van der Waals surface area contributed by atoms with Crippen LogP contribution in [-0.4, -0.2) is 42.3 Å². The van der Waals surface area contributed by atoms with E-state index in [2.05, 4.69) is 10.2 Å². The minimum Gasteiger partial charge on any atom is -0.353 e. The molecular weight excluding hydrogens is 386 g/mol. The summed E-state index contributed by atoms with van der Waals surface area (Å²) in [4.78, 5) is 26.9. The van der Waals surface area contributed by atoms with E-state index in [9.17, 15) is 18.4 Å². The molecule has 1 aromatic carbocycles. The summed E-state index contributed by atoms with van der Waals surface area (Å²) in [5, 5.41) is 3.22. The molecule has 2 aliphatic carbocycles. The minimum atomic E-state index is -0.958. The van der Waals surface area contributed by atoms with E-state index >= 15 is 0 Å². The van der Waals surface area contributed by atoms with Crippen LogP contribution in [0.3, 0.4) is 0 Å². The van der Waals surface area contributed by atoms with Crippen LogP contribution in [0, 0.1) is 29.4 Å². The fourth-order valence-corrected chi connectivity index (χ4v) is 4.93. The predicted molar refractivity (Wildman–Crippen MR) is 111 cm³/mol. The van der Waals surface area contributed by atoms with Gasteiger partial charge in [0.15, 0.2) is 17.4 Å². The molecule has 30 heavy (non-hydrogen) atoms. The SMILES string of the molecule is O=C(NC1CCC(CCN2CCC(C(=O)c3ccc(F)c(F)c3)CC2)CC1)C1CC1. The molecule has 164 valence electrons. The van der Waals surface area contributed by atoms with Crippen molar-refractivity contribution in [3.8, 4) is 0 Å². The van der Waals surface area contributed by atoms with Crippen molar-refractivity contribution in [2.24, 2.45) is 17.8 Å². The second kappa shape index (κ2) is 9.54. The topological polar surface area (TPSA) is 49.4 Å². The Bertz CT molecular complexity index is 764. The zero-order valence-electron chi connectivity index (χ0n) is 17.5. The third kappa shape index (κ3) is 5.45. The molecule has 0 radical (unpaired) electrons. The molecule has 6 heteroatoms. The average molecular weight is 419 g/mol. The molecule has 0 bridgehead atoms. The van der Waals surface area contributed by atoms with E-state index < -0.39 is 11.6 Å². The molecule has 0 spiro atoms. The van der Waals surface area contributed by atoms with Crippen molar-refractivity contribution in [3.63, 3.8) is 0 Å². The summed E-state index contributed by atoms with van der Waals surface area (Å²) in [5.74, 6) is -0.767. The van der Waals surface area contributed by atoms with Gasteiger partial charge in [-0.05, 0) is 102 Å². The third-order valence-corrected chi connectivity index (χ3v) is 7.16. The maximum Gasteiger partial charge on any atom is 0.223 e. The number of carbonyl (C=O) groups excluding carboxylic acids is 2. The maximum absolute atomic E-state index is 13.4. The Morgan fingerprint density at radius 2 is 1.60 bits per heavy atom. The lowest BCUT2D eigenvalue weighted by Crippen LogP contribution is -2.40. The van der Waals surface area contributed by atoms with Gasteiger partial charge in [-0.25, -0.2) is 8.78 Å². The quantitative estimate of drug-likeness (QED) is 0.671. The van der Waals surface area contributed by atoms with Gasteiger partial charge in [0.1, 0.15) is 0 Å². The van der Waals surface area contributed by atoms with Crippen molar-refractivity contribution in [2.45, 2.75) is 63.8 Å². The number of ketones is 1. The molecule has 4 rings (SSSR count). The Morgan fingerprint density at radius 1 is 0.900 bits per heavy atom. The van der Waals surface area contributed by atoms with E-state index in [0.29, 0.717) is 12.0 Å². The first-order valence-corrected chi connectivity index (χ1v) is 11.5. The molecule has 0 unspecified atom stereocenters. The van der Waals surface area contributed by atoms with Crippen molar-refractivity contribution in [3.05, 3.63) is 35.4 Å². The molecule has 0 atom stereocenters. The molecule has 1 saturated heterocycles. The van der Waals surface area contributed by atoms with Gasteiger partial charge < -0.3 is 10.2 Å². The summed E-state index contributed by atoms with van der Waals surface area (Å²) in [7, 11) is 0. The van der Waals surface area contributed by atoms with Gasteiger partial charge in [0, 0.05) is 23.4 Å². The Kier molecular flexibility index (Phi) is 6.81. The Balaban J connectivity index is 1.14. The largest absolute Gasteiger partial charge is 0.353 e. The normalized spacial score (nSPS) is 25.8. The molecule has 4 nitrogen and oxygen atoms in total. The zero-order chi connectivity index (χ0) is 21.1. The Morgan fingerprint density at radius 3 is 2.23 bits per heavy atom. The fourth-order valence-electron chi connectivity index (χ4n) is 4.93. The highest BCUT2D eigenvalue weighted by atomic mass is 19.2. The lowest BCUT2D eigenvalue weighted by molar-refractivity contribution is -0.123. The van der Waals surface area contributed by atoms with Crippen LogP contribution in [0.2, 0.25) is 0 Å². The first kappa shape index (κ1) is 21.4.